The van der Waals surface area contributed by atoms with Gasteiger partial charge in [0.15, 0.2) is 6.04 Å². The smallest absolute Gasteiger partial charge is 0.394 e. The van der Waals surface area contributed by atoms with Crippen molar-refractivity contribution in [3.05, 3.63) is 46.2 Å². The number of amides is 3. The van der Waals surface area contributed by atoms with Crippen molar-refractivity contribution >= 4 is 39.2 Å². The van der Waals surface area contributed by atoms with Crippen molar-refractivity contribution < 1.29 is 28.8 Å². The lowest BCUT2D eigenvalue weighted by Crippen LogP contribution is -2.53. The number of nitro groups is 1. The van der Waals surface area contributed by atoms with E-state index in [9.17, 15) is 24.8 Å². The first-order valence-electron chi connectivity index (χ1n) is 8.16. The number of nitrogens with one attached hydrogen (secondary N) is 1. The summed E-state index contributed by atoms with van der Waals surface area (Å²) in [7, 11) is 2.57. The first-order chi connectivity index (χ1) is 12.9. The summed E-state index contributed by atoms with van der Waals surface area (Å²) < 4.78 is 5.73. The van der Waals surface area contributed by atoms with Crippen LogP contribution in [0.3, 0.4) is 0 Å². The number of rotatable bonds is 5. The zero-order valence-electron chi connectivity index (χ0n) is 14.1. The molecule has 3 heterocycles. The van der Waals surface area contributed by atoms with Crippen LogP contribution in [0.15, 0.2) is 40.9 Å². The molecule has 1 spiro atoms. The number of quaternary nitrogens is 1. The van der Waals surface area contributed by atoms with Crippen LogP contribution < -0.4 is 5.32 Å². The van der Waals surface area contributed by atoms with Gasteiger partial charge in [-0.1, -0.05) is 22.9 Å². The lowest BCUT2D eigenvalue weighted by atomic mass is 10.2. The fourth-order valence-corrected chi connectivity index (χ4v) is 6.69. The number of fused-ring (bicyclic) bond motifs is 3. The lowest BCUT2D eigenvalue weighted by molar-refractivity contribution is -0.711. The fourth-order valence-electron chi connectivity index (χ4n) is 3.61. The maximum Gasteiger partial charge on any atom is 0.431 e. The molecule has 142 valence electrons. The Balaban J connectivity index is 1.57. The molecular weight excluding hydrogens is 394 g/mol. The summed E-state index contributed by atoms with van der Waals surface area (Å²) in [4.78, 5) is 35.4. The minimum absolute atomic E-state index is 0.00256. The first kappa shape index (κ1) is 18.4. The second kappa shape index (κ2) is 6.60. The molecule has 3 amide bonds. The molecule has 3 unspecified atom stereocenters. The van der Waals surface area contributed by atoms with Gasteiger partial charge in [-0.15, -0.1) is 0 Å². The number of hydrogen-bond acceptors (Lipinski definition) is 8. The third-order valence-corrected chi connectivity index (χ3v) is 7.88. The number of aliphatic hydroxyl groups excluding tert-OH is 1. The molecule has 3 aliphatic heterocycles. The van der Waals surface area contributed by atoms with Gasteiger partial charge in [-0.05, 0) is 23.8 Å². The number of nitrogens with zero attached hydrogens (tertiary/aromatic N) is 2. The zero-order chi connectivity index (χ0) is 19.3. The van der Waals surface area contributed by atoms with Crippen LogP contribution in [0.4, 0.5) is 10.5 Å². The summed E-state index contributed by atoms with van der Waals surface area (Å²) in [6.07, 6.45) is 0.657. The summed E-state index contributed by atoms with van der Waals surface area (Å²) in [6.45, 7) is 1.41. The van der Waals surface area contributed by atoms with Gasteiger partial charge in [-0.3, -0.25) is 14.9 Å². The molecule has 9 nitrogen and oxygen atoms in total. The first-order valence-corrected chi connectivity index (χ1v) is 10.4. The van der Waals surface area contributed by atoms with Crippen LogP contribution in [0.2, 0.25) is 0 Å². The number of carbonyl (C=O) groups excluding carboxylic acids is 2. The highest BCUT2D eigenvalue weighted by Gasteiger charge is 2.81. The molecule has 27 heavy (non-hydrogen) atoms. The SMILES string of the molecule is CC1=C[N+]2(C(=O)NC1=O)C1C(SSc3ccccc3[N+](=O)[O-])[C@@H](CO)O[C@H]12. The van der Waals surface area contributed by atoms with Crippen molar-refractivity contribution in [2.75, 3.05) is 6.61 Å². The number of imide groups is 1. The van der Waals surface area contributed by atoms with Crippen LogP contribution in [0.5, 0.6) is 0 Å². The van der Waals surface area contributed by atoms with Crippen LogP contribution in [0.25, 0.3) is 0 Å². The molecule has 0 aromatic heterocycles. The predicted molar refractivity (Wildman–Crippen MR) is 97.4 cm³/mol. The summed E-state index contributed by atoms with van der Waals surface area (Å²) in [5.41, 5.74) is 0.436. The van der Waals surface area contributed by atoms with Gasteiger partial charge in [0.05, 0.1) is 22.0 Å². The van der Waals surface area contributed by atoms with Crippen molar-refractivity contribution in [3.8, 4) is 0 Å². The number of aliphatic hydroxyl groups is 1. The second-order valence-corrected chi connectivity index (χ2v) is 8.93. The average molecular weight is 410 g/mol. The molecule has 0 radical (unpaired) electrons. The molecule has 0 aliphatic carbocycles. The van der Waals surface area contributed by atoms with Gasteiger partial charge in [-0.2, -0.15) is 4.48 Å². The molecule has 2 fully saturated rings. The van der Waals surface area contributed by atoms with E-state index in [4.69, 9.17) is 4.74 Å². The third kappa shape index (κ3) is 2.77. The Morgan fingerprint density at radius 2 is 2.11 bits per heavy atom. The highest BCUT2D eigenvalue weighted by atomic mass is 33.1. The van der Waals surface area contributed by atoms with Gasteiger partial charge in [-0.25, -0.2) is 10.1 Å². The molecule has 4 rings (SSSR count). The number of hydrogen-bond donors (Lipinski definition) is 2. The molecule has 0 bridgehead atoms. The molecular formula is C16H16N3O6S2+. The van der Waals surface area contributed by atoms with E-state index < -0.39 is 29.2 Å². The van der Waals surface area contributed by atoms with E-state index in [1.807, 2.05) is 0 Å². The number of nitro benzene ring substituents is 1. The Morgan fingerprint density at radius 1 is 1.37 bits per heavy atom. The molecule has 2 N–H and O–H groups in total. The summed E-state index contributed by atoms with van der Waals surface area (Å²) in [5.74, 6) is -0.425. The molecule has 5 atom stereocenters. The quantitative estimate of drug-likeness (QED) is 0.248. The van der Waals surface area contributed by atoms with E-state index in [1.165, 1.54) is 27.7 Å². The van der Waals surface area contributed by atoms with Crippen LogP contribution in [0.1, 0.15) is 6.92 Å². The van der Waals surface area contributed by atoms with Gasteiger partial charge < -0.3 is 9.84 Å². The molecule has 11 heteroatoms. The van der Waals surface area contributed by atoms with E-state index in [-0.39, 0.29) is 28.1 Å². The second-order valence-electron chi connectivity index (χ2n) is 6.51. The van der Waals surface area contributed by atoms with Crippen LogP contribution in [-0.2, 0) is 9.53 Å². The Kier molecular flexibility index (Phi) is 4.51. The normalized spacial score (nSPS) is 34.2. The molecule has 1 aromatic rings. The van der Waals surface area contributed by atoms with Crippen molar-refractivity contribution in [2.45, 2.75) is 35.4 Å². The van der Waals surface area contributed by atoms with E-state index in [1.54, 1.807) is 31.3 Å². The number of carbonyl (C=O) groups is 2. The minimum atomic E-state index is -0.483. The van der Waals surface area contributed by atoms with Crippen molar-refractivity contribution in [1.29, 1.82) is 0 Å². The Bertz CT molecular complexity index is 877. The molecule has 0 saturated carbocycles. The Morgan fingerprint density at radius 3 is 2.81 bits per heavy atom. The Labute approximate surface area is 161 Å². The number of benzene rings is 1. The number of ether oxygens (including phenoxy) is 1. The maximum atomic E-state index is 12.5. The summed E-state index contributed by atoms with van der Waals surface area (Å²) in [6, 6.07) is 5.70. The molecule has 1 aromatic carbocycles. The average Bonchev–Trinajstić information content (AvgIpc) is 3.07. The monoisotopic (exact) mass is 410 g/mol. The highest BCUT2D eigenvalue weighted by Crippen LogP contribution is 2.58. The van der Waals surface area contributed by atoms with Crippen LogP contribution >= 0.6 is 21.6 Å². The number of para-hydroxylation sites is 1. The van der Waals surface area contributed by atoms with Gasteiger partial charge in [0.2, 0.25) is 0 Å². The van der Waals surface area contributed by atoms with Crippen molar-refractivity contribution in [3.63, 3.8) is 0 Å². The lowest BCUT2D eigenvalue weighted by Gasteiger charge is -2.27. The van der Waals surface area contributed by atoms with Crippen molar-refractivity contribution in [1.82, 2.24) is 5.32 Å². The minimum Gasteiger partial charge on any atom is -0.394 e. The van der Waals surface area contributed by atoms with E-state index in [0.717, 1.165) is 0 Å². The summed E-state index contributed by atoms with van der Waals surface area (Å²) in [5, 5.41) is 22.9. The van der Waals surface area contributed by atoms with Gasteiger partial charge >= 0.3 is 6.03 Å². The predicted octanol–water partition coefficient (Wildman–Crippen LogP) is 1.77. The maximum absolute atomic E-state index is 12.5. The van der Waals surface area contributed by atoms with E-state index in [0.29, 0.717) is 10.5 Å². The molecule has 2 saturated heterocycles. The third-order valence-electron chi connectivity index (χ3n) is 4.96. The van der Waals surface area contributed by atoms with Crippen molar-refractivity contribution in [2.24, 2.45) is 0 Å². The molecule has 3 aliphatic rings. The van der Waals surface area contributed by atoms with Gasteiger partial charge in [0, 0.05) is 6.07 Å². The van der Waals surface area contributed by atoms with E-state index in [2.05, 4.69) is 5.32 Å². The highest BCUT2D eigenvalue weighted by molar-refractivity contribution is 8.77. The van der Waals surface area contributed by atoms with Gasteiger partial charge in [0.25, 0.3) is 17.8 Å². The van der Waals surface area contributed by atoms with E-state index >= 15 is 0 Å². The summed E-state index contributed by atoms with van der Waals surface area (Å²) >= 11 is 0. The zero-order valence-corrected chi connectivity index (χ0v) is 15.7. The fraction of sp³-hybridized carbons (Fsp3) is 0.375. The standard InChI is InChI=1S/C16H15N3O6S2/c1-8-6-19(16(22)17-14(8)21)12-13(10(7-20)25-15(12)19)27-26-11-5-3-2-4-9(11)18(23)24/h2-6,10,12-13,15,20H,7H2,1H3/p+1/t10-,12?,13?,15-,19?/m1/s1. The largest absolute Gasteiger partial charge is 0.431 e. The van der Waals surface area contributed by atoms with Crippen LogP contribution in [-0.4, -0.2) is 56.7 Å². The van der Waals surface area contributed by atoms with Crippen LogP contribution in [0, 0.1) is 10.1 Å². The Hall–Kier alpha value is -1.92. The number of urea groups is 1. The van der Waals surface area contributed by atoms with Gasteiger partial charge in [0.1, 0.15) is 17.6 Å². The topological polar surface area (TPSA) is 119 Å².